The van der Waals surface area contributed by atoms with E-state index in [1.54, 1.807) is 6.20 Å². The van der Waals surface area contributed by atoms with Gasteiger partial charge in [0.25, 0.3) is 0 Å². The van der Waals surface area contributed by atoms with Crippen molar-refractivity contribution in [2.75, 3.05) is 5.32 Å². The Bertz CT molecular complexity index is 741. The zero-order chi connectivity index (χ0) is 15.2. The molecule has 2 aromatic carbocycles. The van der Waals surface area contributed by atoms with Gasteiger partial charge >= 0.3 is 0 Å². The van der Waals surface area contributed by atoms with Gasteiger partial charge in [0.15, 0.2) is 0 Å². The Morgan fingerprint density at radius 1 is 1.00 bits per heavy atom. The van der Waals surface area contributed by atoms with E-state index >= 15 is 0 Å². The van der Waals surface area contributed by atoms with Crippen LogP contribution in [0.2, 0.25) is 0 Å². The molecular formula is C19H18N2O. The summed E-state index contributed by atoms with van der Waals surface area (Å²) < 4.78 is 5.95. The summed E-state index contributed by atoms with van der Waals surface area (Å²) in [6, 6.07) is 20.0. The van der Waals surface area contributed by atoms with Crippen LogP contribution in [0.5, 0.6) is 11.5 Å². The molecule has 0 aliphatic rings. The number of nitrogens with one attached hydrogen (secondary N) is 1. The number of hydrogen-bond acceptors (Lipinski definition) is 3. The number of para-hydroxylation sites is 1. The summed E-state index contributed by atoms with van der Waals surface area (Å²) in [6.07, 6.45) is 3.64. The minimum Gasteiger partial charge on any atom is -0.457 e. The van der Waals surface area contributed by atoms with E-state index in [-0.39, 0.29) is 0 Å². The molecule has 3 rings (SSSR count). The Balaban J connectivity index is 1.69. The Kier molecular flexibility index (Phi) is 4.35. The van der Waals surface area contributed by atoms with Gasteiger partial charge in [-0.15, -0.1) is 0 Å². The molecule has 0 atom stereocenters. The van der Waals surface area contributed by atoms with Gasteiger partial charge in [0, 0.05) is 30.7 Å². The maximum atomic E-state index is 5.95. The molecule has 0 saturated carbocycles. The molecule has 110 valence electrons. The Labute approximate surface area is 130 Å². The third-order valence-corrected chi connectivity index (χ3v) is 3.37. The van der Waals surface area contributed by atoms with Gasteiger partial charge in [0.1, 0.15) is 11.5 Å². The number of rotatable bonds is 5. The van der Waals surface area contributed by atoms with Gasteiger partial charge in [-0.3, -0.25) is 4.98 Å². The van der Waals surface area contributed by atoms with Crippen LogP contribution in [0.15, 0.2) is 73.1 Å². The lowest BCUT2D eigenvalue weighted by molar-refractivity contribution is 0.479. The second-order valence-corrected chi connectivity index (χ2v) is 5.11. The van der Waals surface area contributed by atoms with Crippen LogP contribution in [0.3, 0.4) is 0 Å². The summed E-state index contributed by atoms with van der Waals surface area (Å²) >= 11 is 0. The number of anilines is 1. The topological polar surface area (TPSA) is 34.1 Å². The number of pyridine rings is 1. The summed E-state index contributed by atoms with van der Waals surface area (Å²) in [4.78, 5) is 4.12. The summed E-state index contributed by atoms with van der Waals surface area (Å²) in [7, 11) is 0. The third kappa shape index (κ3) is 3.64. The molecule has 0 unspecified atom stereocenters. The number of aryl methyl sites for hydroxylation is 1. The molecule has 0 radical (unpaired) electrons. The van der Waals surface area contributed by atoms with Gasteiger partial charge in [-0.2, -0.15) is 0 Å². The van der Waals surface area contributed by atoms with Gasteiger partial charge in [-0.1, -0.05) is 30.3 Å². The monoisotopic (exact) mass is 290 g/mol. The summed E-state index contributed by atoms with van der Waals surface area (Å²) in [6.45, 7) is 2.78. The highest BCUT2D eigenvalue weighted by Crippen LogP contribution is 2.26. The normalized spacial score (nSPS) is 10.2. The van der Waals surface area contributed by atoms with Gasteiger partial charge in [0.05, 0.1) is 0 Å². The molecule has 0 bridgehead atoms. The summed E-state index contributed by atoms with van der Waals surface area (Å²) in [5.41, 5.74) is 3.29. The molecule has 0 spiro atoms. The molecule has 1 aromatic heterocycles. The minimum absolute atomic E-state index is 0.738. The summed E-state index contributed by atoms with van der Waals surface area (Å²) in [5.74, 6) is 1.71. The van der Waals surface area contributed by atoms with Gasteiger partial charge in [0.2, 0.25) is 0 Å². The van der Waals surface area contributed by atoms with E-state index in [1.807, 2.05) is 73.8 Å². The first kappa shape index (κ1) is 14.1. The number of ether oxygens (including phenoxy) is 1. The predicted molar refractivity (Wildman–Crippen MR) is 89.3 cm³/mol. The number of benzene rings is 2. The molecule has 0 saturated heterocycles. The lowest BCUT2D eigenvalue weighted by Crippen LogP contribution is -1.99. The fraction of sp³-hybridized carbons (Fsp3) is 0.105. The van der Waals surface area contributed by atoms with Crippen molar-refractivity contribution < 1.29 is 4.74 Å². The minimum atomic E-state index is 0.738. The highest BCUT2D eigenvalue weighted by molar-refractivity contribution is 5.50. The van der Waals surface area contributed by atoms with E-state index in [4.69, 9.17) is 4.74 Å². The lowest BCUT2D eigenvalue weighted by atomic mass is 10.2. The van der Waals surface area contributed by atoms with Crippen LogP contribution in [0.25, 0.3) is 0 Å². The number of hydrogen-bond donors (Lipinski definition) is 1. The molecule has 0 fully saturated rings. The van der Waals surface area contributed by atoms with Crippen LogP contribution in [0.4, 0.5) is 5.69 Å². The van der Waals surface area contributed by atoms with E-state index in [1.165, 1.54) is 0 Å². The average molecular weight is 290 g/mol. The molecule has 0 aliphatic heterocycles. The molecule has 1 N–H and O–H groups in total. The average Bonchev–Trinajstić information content (AvgIpc) is 2.57. The molecular weight excluding hydrogens is 272 g/mol. The molecule has 22 heavy (non-hydrogen) atoms. The quantitative estimate of drug-likeness (QED) is 0.733. The second-order valence-electron chi connectivity index (χ2n) is 5.11. The van der Waals surface area contributed by atoms with Crippen LogP contribution >= 0.6 is 0 Å². The summed E-state index contributed by atoms with van der Waals surface area (Å²) in [5, 5.41) is 3.38. The molecule has 3 heteroatoms. The largest absolute Gasteiger partial charge is 0.457 e. The Hall–Kier alpha value is -2.81. The zero-order valence-electron chi connectivity index (χ0n) is 12.5. The van der Waals surface area contributed by atoms with Gasteiger partial charge < -0.3 is 10.1 Å². The smallest absolute Gasteiger partial charge is 0.130 e. The van der Waals surface area contributed by atoms with E-state index < -0.39 is 0 Å². The van der Waals surface area contributed by atoms with E-state index in [0.29, 0.717) is 0 Å². The Morgan fingerprint density at radius 2 is 1.91 bits per heavy atom. The highest BCUT2D eigenvalue weighted by atomic mass is 16.5. The standard InChI is InChI=1S/C19H18N2O/c1-15-6-2-3-10-19(15)22-18-9-4-8-17(12-18)21-14-16-7-5-11-20-13-16/h2-13,21H,14H2,1H3. The van der Waals surface area contributed by atoms with Gasteiger partial charge in [-0.25, -0.2) is 0 Å². The van der Waals surface area contributed by atoms with Crippen molar-refractivity contribution in [3.8, 4) is 11.5 Å². The van der Waals surface area contributed by atoms with Gasteiger partial charge in [-0.05, 0) is 42.3 Å². The van der Waals surface area contributed by atoms with Crippen molar-refractivity contribution in [3.63, 3.8) is 0 Å². The second kappa shape index (κ2) is 6.76. The van der Waals surface area contributed by atoms with Crippen molar-refractivity contribution in [1.29, 1.82) is 0 Å². The van der Waals surface area contributed by atoms with E-state index in [0.717, 1.165) is 34.9 Å². The molecule has 0 aliphatic carbocycles. The van der Waals surface area contributed by atoms with Crippen molar-refractivity contribution >= 4 is 5.69 Å². The molecule has 3 nitrogen and oxygen atoms in total. The first-order valence-electron chi connectivity index (χ1n) is 7.27. The first-order chi connectivity index (χ1) is 10.8. The highest BCUT2D eigenvalue weighted by Gasteiger charge is 2.01. The number of nitrogens with zero attached hydrogens (tertiary/aromatic N) is 1. The van der Waals surface area contributed by atoms with Crippen molar-refractivity contribution in [3.05, 3.63) is 84.2 Å². The fourth-order valence-corrected chi connectivity index (χ4v) is 2.17. The van der Waals surface area contributed by atoms with Crippen LogP contribution in [-0.4, -0.2) is 4.98 Å². The maximum Gasteiger partial charge on any atom is 0.130 e. The SMILES string of the molecule is Cc1ccccc1Oc1cccc(NCc2cccnc2)c1. The van der Waals surface area contributed by atoms with Crippen molar-refractivity contribution in [1.82, 2.24) is 4.98 Å². The fourth-order valence-electron chi connectivity index (χ4n) is 2.17. The first-order valence-corrected chi connectivity index (χ1v) is 7.27. The molecule has 0 amide bonds. The number of aromatic nitrogens is 1. The third-order valence-electron chi connectivity index (χ3n) is 3.37. The Morgan fingerprint density at radius 3 is 2.73 bits per heavy atom. The van der Waals surface area contributed by atoms with Crippen LogP contribution in [0, 0.1) is 6.92 Å². The van der Waals surface area contributed by atoms with Crippen LogP contribution < -0.4 is 10.1 Å². The predicted octanol–water partition coefficient (Wildman–Crippen LogP) is 4.79. The van der Waals surface area contributed by atoms with Crippen molar-refractivity contribution in [2.45, 2.75) is 13.5 Å². The van der Waals surface area contributed by atoms with Crippen LogP contribution in [0.1, 0.15) is 11.1 Å². The lowest BCUT2D eigenvalue weighted by Gasteiger charge is -2.11. The van der Waals surface area contributed by atoms with Crippen molar-refractivity contribution in [2.24, 2.45) is 0 Å². The zero-order valence-corrected chi connectivity index (χ0v) is 12.5. The maximum absolute atomic E-state index is 5.95. The molecule has 3 aromatic rings. The van der Waals surface area contributed by atoms with E-state index in [9.17, 15) is 0 Å². The van der Waals surface area contributed by atoms with E-state index in [2.05, 4.69) is 10.3 Å². The van der Waals surface area contributed by atoms with Crippen LogP contribution in [-0.2, 0) is 6.54 Å². The molecule has 1 heterocycles.